The first-order valence-electron chi connectivity index (χ1n) is 12.5. The van der Waals surface area contributed by atoms with Gasteiger partial charge in [0.05, 0.1) is 13.2 Å². The zero-order valence-corrected chi connectivity index (χ0v) is 21.6. The second-order valence-electron chi connectivity index (χ2n) is 9.52. The number of alkyl carbamates (subject to hydrolysis) is 1. The van der Waals surface area contributed by atoms with Crippen LogP contribution in [0.5, 0.6) is 5.75 Å². The Morgan fingerprint density at radius 2 is 1.59 bits per heavy atom. The van der Waals surface area contributed by atoms with Gasteiger partial charge in [-0.3, -0.25) is 4.79 Å². The van der Waals surface area contributed by atoms with Gasteiger partial charge in [0, 0.05) is 12.8 Å². The fraction of sp³-hybridized carbons (Fsp3) is 0.667. The fourth-order valence-electron chi connectivity index (χ4n) is 3.15. The van der Waals surface area contributed by atoms with E-state index in [1.807, 2.05) is 31.2 Å². The van der Waals surface area contributed by atoms with Crippen LogP contribution in [0.25, 0.3) is 0 Å². The molecule has 0 aromatic heterocycles. The molecule has 0 heterocycles. The number of unbranched alkanes of at least 4 members (excludes halogenated alkanes) is 4. The van der Waals surface area contributed by atoms with Crippen molar-refractivity contribution in [3.05, 3.63) is 29.8 Å². The zero-order valence-electron chi connectivity index (χ0n) is 21.6. The van der Waals surface area contributed by atoms with Crippen LogP contribution < -0.4 is 10.1 Å². The summed E-state index contributed by atoms with van der Waals surface area (Å²) in [5.74, 6) is 0.0703. The van der Waals surface area contributed by atoms with Gasteiger partial charge in [-0.2, -0.15) is 0 Å². The Balaban J connectivity index is 2.56. The summed E-state index contributed by atoms with van der Waals surface area (Å²) in [7, 11) is 0. The summed E-state index contributed by atoms with van der Waals surface area (Å²) in [5.41, 5.74) is 0.296. The summed E-state index contributed by atoms with van der Waals surface area (Å²) in [6.45, 7) is 10.3. The van der Waals surface area contributed by atoms with Gasteiger partial charge in [-0.25, -0.2) is 9.59 Å². The summed E-state index contributed by atoms with van der Waals surface area (Å²) >= 11 is 0. The molecular formula is C27H43NO6. The predicted molar refractivity (Wildman–Crippen MR) is 133 cm³/mol. The van der Waals surface area contributed by atoms with E-state index in [4.69, 9.17) is 14.2 Å². The van der Waals surface area contributed by atoms with Crippen molar-refractivity contribution in [2.24, 2.45) is 0 Å². The molecule has 1 aromatic carbocycles. The number of esters is 1. The number of carbonyl (C=O) groups is 3. The average molecular weight is 478 g/mol. The Labute approximate surface area is 204 Å². The van der Waals surface area contributed by atoms with Crippen molar-refractivity contribution in [2.75, 3.05) is 13.2 Å². The molecule has 0 saturated carbocycles. The molecule has 0 aliphatic rings. The number of benzene rings is 1. The molecule has 1 aromatic rings. The normalized spacial score (nSPS) is 12.0. The second kappa shape index (κ2) is 16.1. The van der Waals surface area contributed by atoms with Crippen LogP contribution in [0.15, 0.2) is 24.3 Å². The Morgan fingerprint density at radius 1 is 0.912 bits per heavy atom. The van der Waals surface area contributed by atoms with Crippen LogP contribution in [0.1, 0.15) is 91.5 Å². The van der Waals surface area contributed by atoms with Gasteiger partial charge in [-0.05, 0) is 57.7 Å². The monoisotopic (exact) mass is 477 g/mol. The van der Waals surface area contributed by atoms with E-state index < -0.39 is 23.7 Å². The van der Waals surface area contributed by atoms with Crippen LogP contribution >= 0.6 is 0 Å². The average Bonchev–Trinajstić information content (AvgIpc) is 2.76. The van der Waals surface area contributed by atoms with Gasteiger partial charge in [0.15, 0.2) is 0 Å². The molecule has 0 aliphatic heterocycles. The largest absolute Gasteiger partial charge is 0.494 e. The fourth-order valence-corrected chi connectivity index (χ4v) is 3.15. The smallest absolute Gasteiger partial charge is 0.408 e. The molecule has 0 saturated heterocycles. The molecule has 1 N–H and O–H groups in total. The van der Waals surface area contributed by atoms with Gasteiger partial charge in [0.1, 0.15) is 23.2 Å². The van der Waals surface area contributed by atoms with Gasteiger partial charge >= 0.3 is 12.1 Å². The lowest BCUT2D eigenvalue weighted by Gasteiger charge is -2.22. The standard InChI is InChI=1S/C27H43NO6/c1-6-8-10-11-19-32-23-16-13-21(14-17-23)12-15-22(29)20-24(25(30)33-18-9-7-2)28-26(31)34-27(3,4)5/h13-14,16-17,24H,6-12,15,18-20H2,1-5H3,(H,28,31). The van der Waals surface area contributed by atoms with Crippen molar-refractivity contribution in [2.45, 2.75) is 104 Å². The molecule has 1 atom stereocenters. The highest BCUT2D eigenvalue weighted by Crippen LogP contribution is 2.15. The number of carbonyl (C=O) groups excluding carboxylic acids is 3. The van der Waals surface area contributed by atoms with Gasteiger partial charge in [0.25, 0.3) is 0 Å². The van der Waals surface area contributed by atoms with Crippen molar-refractivity contribution < 1.29 is 28.6 Å². The number of ether oxygens (including phenoxy) is 3. The van der Waals surface area contributed by atoms with Crippen LogP contribution in [0.3, 0.4) is 0 Å². The van der Waals surface area contributed by atoms with E-state index in [9.17, 15) is 14.4 Å². The van der Waals surface area contributed by atoms with Crippen molar-refractivity contribution in [1.82, 2.24) is 5.32 Å². The van der Waals surface area contributed by atoms with Gasteiger partial charge in [-0.1, -0.05) is 51.7 Å². The summed E-state index contributed by atoms with van der Waals surface area (Å²) in [6, 6.07) is 6.66. The molecule has 0 radical (unpaired) electrons. The lowest BCUT2D eigenvalue weighted by Crippen LogP contribution is -2.45. The Bertz CT molecular complexity index is 738. The first kappa shape index (κ1) is 29.5. The van der Waals surface area contributed by atoms with Crippen LogP contribution in [-0.2, 0) is 25.5 Å². The van der Waals surface area contributed by atoms with E-state index in [0.29, 0.717) is 13.0 Å². The molecular weight excluding hydrogens is 434 g/mol. The van der Waals surface area contributed by atoms with Crippen LogP contribution in [0, 0.1) is 0 Å². The molecule has 1 amide bonds. The van der Waals surface area contributed by atoms with Crippen molar-refractivity contribution in [3.8, 4) is 5.75 Å². The maximum Gasteiger partial charge on any atom is 0.408 e. The lowest BCUT2D eigenvalue weighted by molar-refractivity contribution is -0.147. The van der Waals surface area contributed by atoms with Gasteiger partial charge < -0.3 is 19.5 Å². The Morgan fingerprint density at radius 3 is 2.21 bits per heavy atom. The second-order valence-corrected chi connectivity index (χ2v) is 9.52. The van der Waals surface area contributed by atoms with E-state index >= 15 is 0 Å². The molecule has 1 unspecified atom stereocenters. The van der Waals surface area contributed by atoms with E-state index in [2.05, 4.69) is 12.2 Å². The third-order valence-corrected chi connectivity index (χ3v) is 5.03. The molecule has 0 fully saturated rings. The maximum atomic E-state index is 12.6. The molecule has 7 nitrogen and oxygen atoms in total. The predicted octanol–water partition coefficient (Wildman–Crippen LogP) is 5.77. The molecule has 1 rings (SSSR count). The Hall–Kier alpha value is -2.57. The van der Waals surface area contributed by atoms with Crippen LogP contribution in [0.2, 0.25) is 0 Å². The van der Waals surface area contributed by atoms with Gasteiger partial charge in [-0.15, -0.1) is 0 Å². The minimum atomic E-state index is -1.07. The van der Waals surface area contributed by atoms with Crippen LogP contribution in [0.4, 0.5) is 4.79 Å². The summed E-state index contributed by atoms with van der Waals surface area (Å²) in [4.78, 5) is 37.2. The minimum absolute atomic E-state index is 0.134. The third-order valence-electron chi connectivity index (χ3n) is 5.03. The first-order valence-corrected chi connectivity index (χ1v) is 12.5. The molecule has 34 heavy (non-hydrogen) atoms. The highest BCUT2D eigenvalue weighted by Gasteiger charge is 2.27. The summed E-state index contributed by atoms with van der Waals surface area (Å²) < 4.78 is 16.2. The van der Waals surface area contributed by atoms with E-state index in [-0.39, 0.29) is 25.2 Å². The number of hydrogen-bond donors (Lipinski definition) is 1. The van der Waals surface area contributed by atoms with Crippen LogP contribution in [-0.4, -0.2) is 42.7 Å². The molecule has 0 bridgehead atoms. The number of amides is 1. The number of rotatable bonds is 16. The van der Waals surface area contributed by atoms with E-state index in [0.717, 1.165) is 30.6 Å². The number of aryl methyl sites for hydroxylation is 1. The SMILES string of the molecule is CCCCCCOc1ccc(CCC(=O)CC(NC(=O)OC(C)(C)C)C(=O)OCCCC)cc1. The number of hydrogen-bond acceptors (Lipinski definition) is 6. The number of nitrogens with one attached hydrogen (secondary N) is 1. The Kier molecular flexibility index (Phi) is 14.0. The lowest BCUT2D eigenvalue weighted by atomic mass is 10.0. The van der Waals surface area contributed by atoms with E-state index in [1.54, 1.807) is 20.8 Å². The number of ketones is 1. The number of Topliss-reactive ketones (excluding diaryl/α,β-unsaturated/α-hetero) is 1. The van der Waals surface area contributed by atoms with E-state index in [1.165, 1.54) is 19.3 Å². The topological polar surface area (TPSA) is 90.9 Å². The van der Waals surface area contributed by atoms with Crippen molar-refractivity contribution in [1.29, 1.82) is 0 Å². The summed E-state index contributed by atoms with van der Waals surface area (Å²) in [5, 5.41) is 2.50. The zero-order chi connectivity index (χ0) is 25.4. The van der Waals surface area contributed by atoms with Gasteiger partial charge in [0.2, 0.25) is 0 Å². The minimum Gasteiger partial charge on any atom is -0.494 e. The highest BCUT2D eigenvalue weighted by atomic mass is 16.6. The third kappa shape index (κ3) is 13.9. The molecule has 192 valence electrons. The molecule has 0 aliphatic carbocycles. The quantitative estimate of drug-likeness (QED) is 0.240. The molecule has 0 spiro atoms. The van der Waals surface area contributed by atoms with Crippen molar-refractivity contribution in [3.63, 3.8) is 0 Å². The van der Waals surface area contributed by atoms with Crippen molar-refractivity contribution >= 4 is 17.8 Å². The molecule has 7 heteroatoms. The maximum absolute atomic E-state index is 12.6. The summed E-state index contributed by atoms with van der Waals surface area (Å²) in [6.07, 6.45) is 6.15. The first-order chi connectivity index (χ1) is 16.1. The highest BCUT2D eigenvalue weighted by molar-refractivity contribution is 5.89.